The molecule has 1 unspecified atom stereocenters. The molecule has 0 aromatic rings. The number of hydrogen-bond acceptors (Lipinski definition) is 3. The van der Waals surface area contributed by atoms with Crippen LogP contribution < -0.4 is 0 Å². The van der Waals surface area contributed by atoms with Crippen molar-refractivity contribution < 1.29 is 14.3 Å². The van der Waals surface area contributed by atoms with E-state index in [0.29, 0.717) is 19.4 Å². The monoisotopic (exact) mass is 296 g/mol. The van der Waals surface area contributed by atoms with E-state index in [1.807, 2.05) is 0 Å². The number of carbonyl (C=O) groups excluding carboxylic acids is 2. The molecule has 0 N–H and O–H groups in total. The minimum absolute atomic E-state index is 0.0130. The lowest BCUT2D eigenvalue weighted by atomic mass is 9.78. The van der Waals surface area contributed by atoms with Crippen molar-refractivity contribution in [3.8, 4) is 0 Å². The van der Waals surface area contributed by atoms with Crippen LogP contribution in [0.3, 0.4) is 0 Å². The van der Waals surface area contributed by atoms with E-state index >= 15 is 0 Å². The predicted molar refractivity (Wildman–Crippen MR) is 85.2 cm³/mol. The van der Waals surface area contributed by atoms with E-state index in [-0.39, 0.29) is 11.8 Å². The van der Waals surface area contributed by atoms with Gasteiger partial charge in [-0.1, -0.05) is 71.1 Å². The van der Waals surface area contributed by atoms with Crippen LogP contribution in [0.4, 0.5) is 0 Å². The highest BCUT2D eigenvalue weighted by molar-refractivity contribution is 6.03. The van der Waals surface area contributed by atoms with Gasteiger partial charge in [0, 0.05) is 6.42 Å². The van der Waals surface area contributed by atoms with Crippen LogP contribution in [-0.4, -0.2) is 18.4 Å². The predicted octanol–water partition coefficient (Wildman–Crippen LogP) is 4.82. The summed E-state index contributed by atoms with van der Waals surface area (Å²) in [6.07, 6.45) is 13.9. The Morgan fingerprint density at radius 1 is 1.00 bits per heavy atom. The van der Waals surface area contributed by atoms with Gasteiger partial charge in [-0.2, -0.15) is 0 Å². The average molecular weight is 296 g/mol. The van der Waals surface area contributed by atoms with Crippen LogP contribution in [0.2, 0.25) is 0 Å². The topological polar surface area (TPSA) is 43.4 Å². The number of ether oxygens (including phenoxy) is 1. The van der Waals surface area contributed by atoms with Gasteiger partial charge in [0.15, 0.2) is 0 Å². The molecule has 122 valence electrons. The maximum atomic E-state index is 11.8. The van der Waals surface area contributed by atoms with Gasteiger partial charge < -0.3 is 4.74 Å². The molecule has 1 aliphatic rings. The zero-order valence-electron chi connectivity index (χ0n) is 13.9. The van der Waals surface area contributed by atoms with Gasteiger partial charge in [-0.3, -0.25) is 9.59 Å². The quantitative estimate of drug-likeness (QED) is 0.294. The first-order valence-electron chi connectivity index (χ1n) is 8.82. The molecule has 0 saturated carbocycles. The summed E-state index contributed by atoms with van der Waals surface area (Å²) in [7, 11) is 0. The normalized spacial score (nSPS) is 21.5. The van der Waals surface area contributed by atoms with Gasteiger partial charge in [0.05, 0.1) is 6.61 Å². The minimum atomic E-state index is -0.805. The van der Waals surface area contributed by atoms with Crippen molar-refractivity contribution in [2.24, 2.45) is 5.41 Å². The van der Waals surface area contributed by atoms with Gasteiger partial charge in [-0.05, 0) is 13.3 Å². The summed E-state index contributed by atoms with van der Waals surface area (Å²) >= 11 is 0. The molecule has 0 bridgehead atoms. The van der Waals surface area contributed by atoms with Gasteiger partial charge in [-0.25, -0.2) is 0 Å². The van der Waals surface area contributed by atoms with E-state index in [1.165, 1.54) is 58.3 Å². The molecule has 3 heteroatoms. The van der Waals surface area contributed by atoms with E-state index < -0.39 is 5.41 Å². The number of esters is 1. The summed E-state index contributed by atoms with van der Waals surface area (Å²) in [6, 6.07) is 0. The van der Waals surface area contributed by atoms with E-state index in [1.54, 1.807) is 0 Å². The van der Waals surface area contributed by atoms with Crippen molar-refractivity contribution in [3.63, 3.8) is 0 Å². The first-order valence-corrected chi connectivity index (χ1v) is 8.82. The summed E-state index contributed by atoms with van der Waals surface area (Å²) in [5, 5.41) is 0. The lowest BCUT2D eigenvalue weighted by molar-refractivity contribution is -0.151. The fourth-order valence-electron chi connectivity index (χ4n) is 3.20. The third-order valence-electron chi connectivity index (χ3n) is 4.78. The van der Waals surface area contributed by atoms with E-state index in [9.17, 15) is 9.59 Å². The number of cyclic esters (lactones) is 1. The third kappa shape index (κ3) is 5.80. The molecule has 0 radical (unpaired) electrons. The maximum Gasteiger partial charge on any atom is 0.319 e. The molecule has 1 rings (SSSR count). The number of ketones is 1. The van der Waals surface area contributed by atoms with E-state index in [2.05, 4.69) is 6.92 Å². The zero-order valence-corrected chi connectivity index (χ0v) is 13.9. The molecular weight excluding hydrogens is 264 g/mol. The summed E-state index contributed by atoms with van der Waals surface area (Å²) in [6.45, 7) is 4.19. The second-order valence-electron chi connectivity index (χ2n) is 6.46. The summed E-state index contributed by atoms with van der Waals surface area (Å²) in [4.78, 5) is 23.6. The van der Waals surface area contributed by atoms with Crippen LogP contribution in [0.25, 0.3) is 0 Å². The van der Waals surface area contributed by atoms with Crippen molar-refractivity contribution in [2.75, 3.05) is 6.61 Å². The molecule has 21 heavy (non-hydrogen) atoms. The summed E-state index contributed by atoms with van der Waals surface area (Å²) in [5.41, 5.74) is -0.805. The van der Waals surface area contributed by atoms with Crippen molar-refractivity contribution >= 4 is 11.8 Å². The first-order chi connectivity index (χ1) is 10.1. The molecule has 3 nitrogen and oxygen atoms in total. The average Bonchev–Trinajstić information content (AvgIpc) is 2.83. The highest BCUT2D eigenvalue weighted by atomic mass is 16.5. The van der Waals surface area contributed by atoms with Crippen LogP contribution in [-0.2, 0) is 14.3 Å². The minimum Gasteiger partial charge on any atom is -0.465 e. The second kappa shape index (κ2) is 9.97. The highest BCUT2D eigenvalue weighted by Crippen LogP contribution is 2.36. The Labute approximate surface area is 129 Å². The third-order valence-corrected chi connectivity index (χ3v) is 4.78. The molecule has 1 saturated heterocycles. The molecule has 0 amide bonds. The van der Waals surface area contributed by atoms with Gasteiger partial charge in [0.2, 0.25) is 0 Å². The Balaban J connectivity index is 2.05. The van der Waals surface area contributed by atoms with Crippen LogP contribution in [0.15, 0.2) is 0 Å². The summed E-state index contributed by atoms with van der Waals surface area (Å²) < 4.78 is 5.01. The number of carbonyl (C=O) groups is 2. The lowest BCUT2D eigenvalue weighted by Crippen LogP contribution is -2.34. The van der Waals surface area contributed by atoms with Crippen molar-refractivity contribution in [1.82, 2.24) is 0 Å². The number of unbranched alkanes of at least 4 members (excludes halogenated alkanes) is 9. The van der Waals surface area contributed by atoms with Crippen molar-refractivity contribution in [2.45, 2.75) is 90.9 Å². The van der Waals surface area contributed by atoms with Crippen molar-refractivity contribution in [3.05, 3.63) is 0 Å². The standard InChI is InChI=1S/C18H32O3/c1-3-4-5-6-7-8-9-10-11-12-13-18(16(2)19)14-15-21-17(18)20/h3-15H2,1-2H3. The number of hydrogen-bond donors (Lipinski definition) is 0. The number of Topliss-reactive ketones (excluding diaryl/α,β-unsaturated/α-hetero) is 1. The lowest BCUT2D eigenvalue weighted by Gasteiger charge is -2.20. The molecule has 0 spiro atoms. The molecule has 1 atom stereocenters. The smallest absolute Gasteiger partial charge is 0.319 e. The Morgan fingerprint density at radius 3 is 1.95 bits per heavy atom. The first kappa shape index (κ1) is 18.2. The van der Waals surface area contributed by atoms with Crippen LogP contribution in [0, 0.1) is 5.41 Å². The SMILES string of the molecule is CCCCCCCCCCCCC1(C(C)=O)CCOC1=O. The Hall–Kier alpha value is -0.860. The molecule has 0 aliphatic carbocycles. The largest absolute Gasteiger partial charge is 0.465 e. The van der Waals surface area contributed by atoms with E-state index in [4.69, 9.17) is 4.74 Å². The molecule has 1 heterocycles. The highest BCUT2D eigenvalue weighted by Gasteiger charge is 2.47. The number of rotatable bonds is 12. The Kier molecular flexibility index (Phi) is 8.63. The summed E-state index contributed by atoms with van der Waals surface area (Å²) in [5.74, 6) is -0.299. The fraction of sp³-hybridized carbons (Fsp3) is 0.889. The molecule has 0 aromatic heterocycles. The van der Waals surface area contributed by atoms with Crippen LogP contribution in [0.5, 0.6) is 0 Å². The van der Waals surface area contributed by atoms with Gasteiger partial charge in [0.25, 0.3) is 0 Å². The Bertz CT molecular complexity index is 324. The molecular formula is C18H32O3. The van der Waals surface area contributed by atoms with Gasteiger partial charge in [0.1, 0.15) is 11.2 Å². The van der Waals surface area contributed by atoms with Gasteiger partial charge >= 0.3 is 5.97 Å². The van der Waals surface area contributed by atoms with Crippen molar-refractivity contribution in [1.29, 1.82) is 0 Å². The molecule has 1 aliphatic heterocycles. The Morgan fingerprint density at radius 2 is 1.52 bits per heavy atom. The van der Waals surface area contributed by atoms with Crippen LogP contribution in [0.1, 0.15) is 90.9 Å². The fourth-order valence-corrected chi connectivity index (χ4v) is 3.20. The van der Waals surface area contributed by atoms with Crippen LogP contribution >= 0.6 is 0 Å². The molecule has 1 fully saturated rings. The second-order valence-corrected chi connectivity index (χ2v) is 6.46. The van der Waals surface area contributed by atoms with Gasteiger partial charge in [-0.15, -0.1) is 0 Å². The maximum absolute atomic E-state index is 11.8. The molecule has 0 aromatic carbocycles. The van der Waals surface area contributed by atoms with E-state index in [0.717, 1.165) is 12.8 Å². The zero-order chi connectivity index (χ0) is 15.6.